The highest BCUT2D eigenvalue weighted by atomic mass is 35.5. The fraction of sp³-hybridized carbons (Fsp3) is 0. The number of rotatable bonds is 3. The average molecular weight is 411 g/mol. The molecule has 144 valence electrons. The van der Waals surface area contributed by atoms with Gasteiger partial charge in [-0.1, -0.05) is 29.8 Å². The van der Waals surface area contributed by atoms with Gasteiger partial charge in [0.1, 0.15) is 22.8 Å². The second-order valence-electron chi connectivity index (χ2n) is 6.20. The highest BCUT2D eigenvalue weighted by molar-refractivity contribution is 6.30. The van der Waals surface area contributed by atoms with Gasteiger partial charge in [-0.25, -0.2) is 13.8 Å². The lowest BCUT2D eigenvalue weighted by molar-refractivity contribution is 0.102. The maximum atomic E-state index is 13.5. The summed E-state index contributed by atoms with van der Waals surface area (Å²) >= 11 is 5.87. The predicted molar refractivity (Wildman–Crippen MR) is 107 cm³/mol. The Bertz CT molecular complexity index is 1260. The molecule has 0 fully saturated rings. The van der Waals surface area contributed by atoms with E-state index in [2.05, 4.69) is 10.3 Å². The van der Waals surface area contributed by atoms with E-state index in [9.17, 15) is 13.6 Å². The van der Waals surface area contributed by atoms with Crippen LogP contribution in [0.5, 0.6) is 0 Å². The number of halogens is 3. The zero-order valence-corrected chi connectivity index (χ0v) is 15.6. The van der Waals surface area contributed by atoms with Gasteiger partial charge in [0.25, 0.3) is 5.91 Å². The van der Waals surface area contributed by atoms with Crippen molar-refractivity contribution in [2.24, 2.45) is 4.99 Å². The van der Waals surface area contributed by atoms with Gasteiger partial charge in [0.05, 0.1) is 5.69 Å². The first-order valence-corrected chi connectivity index (χ1v) is 8.96. The molecule has 4 rings (SSSR count). The standard InChI is InChI=1S/C22H13ClF2N2O2/c23-14-5-7-17(8-6-14)26-21(28)19-9-13-3-1-2-4-20(13)29-22(19)27-18-11-15(24)10-16(25)12-18/h1-12H,(H,26,28). The van der Waals surface area contributed by atoms with Crippen LogP contribution in [0.1, 0.15) is 10.4 Å². The highest BCUT2D eigenvalue weighted by Gasteiger charge is 2.13. The number of amides is 1. The zero-order valence-electron chi connectivity index (χ0n) is 14.8. The summed E-state index contributed by atoms with van der Waals surface area (Å²) in [4.78, 5) is 17.0. The molecule has 4 aromatic rings. The van der Waals surface area contributed by atoms with Crippen molar-refractivity contribution in [2.75, 3.05) is 5.32 Å². The first-order chi connectivity index (χ1) is 14.0. The number of carbonyl (C=O) groups excluding carboxylic acids is 1. The van der Waals surface area contributed by atoms with Crippen molar-refractivity contribution in [3.8, 4) is 0 Å². The molecule has 0 aliphatic heterocycles. The highest BCUT2D eigenvalue weighted by Crippen LogP contribution is 2.19. The Morgan fingerprint density at radius 1 is 0.931 bits per heavy atom. The number of fused-ring (bicyclic) bond motifs is 1. The van der Waals surface area contributed by atoms with Crippen LogP contribution in [0.25, 0.3) is 11.0 Å². The lowest BCUT2D eigenvalue weighted by atomic mass is 10.1. The van der Waals surface area contributed by atoms with Gasteiger partial charge in [-0.3, -0.25) is 4.79 Å². The van der Waals surface area contributed by atoms with Crippen LogP contribution in [-0.2, 0) is 0 Å². The molecule has 1 amide bonds. The van der Waals surface area contributed by atoms with Crippen molar-refractivity contribution in [3.63, 3.8) is 0 Å². The average Bonchev–Trinajstić information content (AvgIpc) is 2.68. The van der Waals surface area contributed by atoms with Gasteiger partial charge in [-0.15, -0.1) is 0 Å². The molecule has 0 spiro atoms. The number of nitrogens with zero attached hydrogens (tertiary/aromatic N) is 1. The first-order valence-electron chi connectivity index (χ1n) is 8.58. The zero-order chi connectivity index (χ0) is 20.4. The topological polar surface area (TPSA) is 54.6 Å². The molecule has 0 aliphatic carbocycles. The van der Waals surface area contributed by atoms with Crippen molar-refractivity contribution < 1.29 is 18.0 Å². The van der Waals surface area contributed by atoms with E-state index >= 15 is 0 Å². The first kappa shape index (κ1) is 18.8. The summed E-state index contributed by atoms with van der Waals surface area (Å²) in [5.74, 6) is -2.05. The molecule has 0 atom stereocenters. The molecule has 4 nitrogen and oxygen atoms in total. The third-order valence-electron chi connectivity index (χ3n) is 4.08. The van der Waals surface area contributed by atoms with Crippen LogP contribution in [0, 0.1) is 11.6 Å². The minimum absolute atomic E-state index is 0.0120. The monoisotopic (exact) mass is 410 g/mol. The summed E-state index contributed by atoms with van der Waals surface area (Å²) in [6, 6.07) is 18.1. The smallest absolute Gasteiger partial charge is 0.261 e. The van der Waals surface area contributed by atoms with Crippen molar-refractivity contribution in [1.29, 1.82) is 0 Å². The summed E-state index contributed by atoms with van der Waals surface area (Å²) in [6.07, 6.45) is 0. The molecule has 7 heteroatoms. The van der Waals surface area contributed by atoms with Gasteiger partial charge < -0.3 is 9.73 Å². The van der Waals surface area contributed by atoms with Gasteiger partial charge in [-0.2, -0.15) is 0 Å². The minimum Gasteiger partial charge on any atom is -0.438 e. The van der Waals surface area contributed by atoms with Gasteiger partial charge in [0.15, 0.2) is 0 Å². The Balaban J connectivity index is 1.84. The fourth-order valence-corrected chi connectivity index (χ4v) is 2.89. The molecule has 29 heavy (non-hydrogen) atoms. The number of para-hydroxylation sites is 1. The minimum atomic E-state index is -0.781. The lowest BCUT2D eigenvalue weighted by Crippen LogP contribution is -2.21. The van der Waals surface area contributed by atoms with Crippen LogP contribution in [0.3, 0.4) is 0 Å². The number of hydrogen-bond donors (Lipinski definition) is 1. The van der Waals surface area contributed by atoms with Crippen LogP contribution >= 0.6 is 11.6 Å². The molecule has 0 saturated carbocycles. The molecule has 0 aliphatic rings. The van der Waals surface area contributed by atoms with Gasteiger partial charge in [0.2, 0.25) is 5.55 Å². The Hall–Kier alpha value is -3.51. The molecule has 0 unspecified atom stereocenters. The van der Waals surface area contributed by atoms with E-state index in [1.807, 2.05) is 0 Å². The SMILES string of the molecule is O=C(Nc1ccc(Cl)cc1)c1cc2ccccc2oc1=Nc1cc(F)cc(F)c1. The van der Waals surface area contributed by atoms with E-state index in [0.717, 1.165) is 18.2 Å². The second kappa shape index (κ2) is 7.85. The van der Waals surface area contributed by atoms with E-state index in [-0.39, 0.29) is 16.8 Å². The Morgan fingerprint density at radius 3 is 2.34 bits per heavy atom. The Kier molecular flexibility index (Phi) is 5.10. The number of anilines is 1. The molecule has 3 aromatic carbocycles. The van der Waals surface area contributed by atoms with Crippen molar-refractivity contribution >= 4 is 39.9 Å². The summed E-state index contributed by atoms with van der Waals surface area (Å²) in [5, 5.41) is 3.95. The lowest BCUT2D eigenvalue weighted by Gasteiger charge is -2.07. The summed E-state index contributed by atoms with van der Waals surface area (Å²) < 4.78 is 32.8. The molecule has 1 N–H and O–H groups in total. The van der Waals surface area contributed by atoms with Crippen molar-refractivity contribution in [2.45, 2.75) is 0 Å². The Morgan fingerprint density at radius 2 is 1.62 bits per heavy atom. The van der Waals surface area contributed by atoms with E-state index in [1.54, 1.807) is 54.6 Å². The maximum absolute atomic E-state index is 13.5. The van der Waals surface area contributed by atoms with Crippen LogP contribution in [0.4, 0.5) is 20.2 Å². The van der Waals surface area contributed by atoms with Crippen molar-refractivity contribution in [3.05, 3.63) is 101 Å². The molecule has 0 bridgehead atoms. The number of benzene rings is 3. The van der Waals surface area contributed by atoms with Gasteiger partial charge in [-0.05, 0) is 48.5 Å². The van der Waals surface area contributed by atoms with E-state index in [0.29, 0.717) is 21.7 Å². The molecule has 0 radical (unpaired) electrons. The normalized spacial score (nSPS) is 11.6. The van der Waals surface area contributed by atoms with Crippen LogP contribution in [-0.4, -0.2) is 5.91 Å². The molecule has 1 aromatic heterocycles. The van der Waals surface area contributed by atoms with Crippen LogP contribution in [0.2, 0.25) is 5.02 Å². The van der Waals surface area contributed by atoms with Crippen LogP contribution in [0.15, 0.2) is 82.2 Å². The van der Waals surface area contributed by atoms with Crippen molar-refractivity contribution in [1.82, 2.24) is 0 Å². The summed E-state index contributed by atoms with van der Waals surface area (Å²) in [6.45, 7) is 0. The van der Waals surface area contributed by atoms with Crippen LogP contribution < -0.4 is 10.9 Å². The van der Waals surface area contributed by atoms with Gasteiger partial charge in [0, 0.05) is 22.2 Å². The van der Waals surface area contributed by atoms with Gasteiger partial charge >= 0.3 is 0 Å². The number of carbonyl (C=O) groups is 1. The third-order valence-corrected chi connectivity index (χ3v) is 4.33. The van der Waals surface area contributed by atoms with E-state index in [4.69, 9.17) is 16.0 Å². The predicted octanol–water partition coefficient (Wildman–Crippen LogP) is 5.85. The molecule has 0 saturated heterocycles. The van der Waals surface area contributed by atoms with E-state index in [1.165, 1.54) is 0 Å². The molecular formula is C22H13ClF2N2O2. The molecular weight excluding hydrogens is 398 g/mol. The number of hydrogen-bond acceptors (Lipinski definition) is 3. The maximum Gasteiger partial charge on any atom is 0.261 e. The number of nitrogens with one attached hydrogen (secondary N) is 1. The largest absolute Gasteiger partial charge is 0.438 e. The second-order valence-corrected chi connectivity index (χ2v) is 6.64. The quantitative estimate of drug-likeness (QED) is 0.460. The third kappa shape index (κ3) is 4.33. The molecule has 1 heterocycles. The Labute approximate surface area is 169 Å². The fourth-order valence-electron chi connectivity index (χ4n) is 2.77. The summed E-state index contributed by atoms with van der Waals surface area (Å²) in [5.41, 5.74) is 1.03. The summed E-state index contributed by atoms with van der Waals surface area (Å²) in [7, 11) is 0. The van der Waals surface area contributed by atoms with E-state index < -0.39 is 17.5 Å².